The van der Waals surface area contributed by atoms with Crippen molar-refractivity contribution in [1.29, 1.82) is 0 Å². The van der Waals surface area contributed by atoms with Crippen molar-refractivity contribution >= 4 is 45.6 Å². The molecular formula is C22H22N5NaO8S. The second kappa shape index (κ2) is 11.9. The summed E-state index contributed by atoms with van der Waals surface area (Å²) >= 11 is 0. The summed E-state index contributed by atoms with van der Waals surface area (Å²) in [5.41, 5.74) is 1.58. The van der Waals surface area contributed by atoms with Crippen LogP contribution >= 0.6 is 0 Å². The molecule has 2 fully saturated rings. The molecule has 3 N–H and O–H groups in total. The standard InChI is InChI=1S/C22H23N5O8S.Na/c28-18(12-23-22(31)35-13-14-4-2-1-3-5-14)24-15-6-8-16(9-7-15)25-21(30)26-11-10-17-19(26)20(29)27(17)36(32,33)34;/h1-9,17,19H,10-13H2,(H,23,31)(H,24,28)(H,25,30)(H,32,33,34);/q;+1/p-1/t17?,19-;/m0./s1. The fourth-order valence-electron chi connectivity index (χ4n) is 4.00. The summed E-state index contributed by atoms with van der Waals surface area (Å²) in [7, 11) is -4.91. The molecule has 2 saturated heterocycles. The number of carbonyl (C=O) groups is 4. The van der Waals surface area contributed by atoms with Crippen LogP contribution in [-0.2, 0) is 31.2 Å². The van der Waals surface area contributed by atoms with E-state index in [-0.39, 0.29) is 60.0 Å². The minimum Gasteiger partial charge on any atom is -0.731 e. The number of carbonyl (C=O) groups excluding carboxylic acids is 4. The number of fused-ring (bicyclic) bond motifs is 1. The Morgan fingerprint density at radius 1 is 1.00 bits per heavy atom. The summed E-state index contributed by atoms with van der Waals surface area (Å²) in [6.45, 7) is -0.119. The SMILES string of the molecule is O=C(CNC(=O)OCc1ccccc1)Nc1ccc(NC(=O)N2CCC3[C@H]2C(=O)N3S(=O)(=O)[O-])cc1.[Na+]. The Balaban J connectivity index is 0.00000380. The van der Waals surface area contributed by atoms with Gasteiger partial charge in [0.15, 0.2) is 10.3 Å². The van der Waals surface area contributed by atoms with Crippen LogP contribution in [0.1, 0.15) is 12.0 Å². The number of urea groups is 1. The first kappa shape index (κ1) is 28.4. The van der Waals surface area contributed by atoms with Gasteiger partial charge in [0.2, 0.25) is 5.91 Å². The minimum absolute atomic E-state index is 0. The van der Waals surface area contributed by atoms with Crippen molar-refractivity contribution in [2.75, 3.05) is 23.7 Å². The van der Waals surface area contributed by atoms with Crippen LogP contribution in [0.3, 0.4) is 0 Å². The number of alkyl carbamates (subject to hydrolysis) is 1. The normalized spacial score (nSPS) is 18.1. The van der Waals surface area contributed by atoms with E-state index < -0.39 is 46.3 Å². The molecule has 0 saturated carbocycles. The van der Waals surface area contributed by atoms with Crippen LogP contribution in [0.2, 0.25) is 0 Å². The van der Waals surface area contributed by atoms with E-state index >= 15 is 0 Å². The number of anilines is 2. The Morgan fingerprint density at radius 3 is 2.24 bits per heavy atom. The van der Waals surface area contributed by atoms with E-state index in [1.807, 2.05) is 18.2 Å². The van der Waals surface area contributed by atoms with Crippen molar-refractivity contribution in [1.82, 2.24) is 14.5 Å². The molecule has 2 aromatic rings. The van der Waals surface area contributed by atoms with Gasteiger partial charge in [0.25, 0.3) is 5.91 Å². The number of nitrogens with one attached hydrogen (secondary N) is 3. The molecule has 2 aliphatic heterocycles. The maximum absolute atomic E-state index is 12.6. The largest absolute Gasteiger partial charge is 1.00 e. The van der Waals surface area contributed by atoms with E-state index in [0.717, 1.165) is 5.56 Å². The molecule has 0 bridgehead atoms. The zero-order chi connectivity index (χ0) is 25.9. The number of ether oxygens (including phenoxy) is 1. The van der Waals surface area contributed by atoms with Gasteiger partial charge in [-0.3, -0.25) is 9.59 Å². The zero-order valence-electron chi connectivity index (χ0n) is 19.7. The topological polar surface area (TPSA) is 177 Å². The fourth-order valence-corrected chi connectivity index (χ4v) is 4.88. The van der Waals surface area contributed by atoms with Gasteiger partial charge >= 0.3 is 41.7 Å². The number of hydrogen-bond donors (Lipinski definition) is 3. The van der Waals surface area contributed by atoms with Gasteiger partial charge in [0.05, 0.1) is 6.04 Å². The van der Waals surface area contributed by atoms with Crippen LogP contribution in [0.4, 0.5) is 21.0 Å². The average molecular weight is 540 g/mol. The molecule has 2 heterocycles. The van der Waals surface area contributed by atoms with Crippen molar-refractivity contribution in [2.24, 2.45) is 0 Å². The van der Waals surface area contributed by atoms with Crippen LogP contribution in [0, 0.1) is 0 Å². The first-order valence-corrected chi connectivity index (χ1v) is 12.2. The van der Waals surface area contributed by atoms with Gasteiger partial charge in [-0.05, 0) is 36.2 Å². The zero-order valence-corrected chi connectivity index (χ0v) is 22.6. The van der Waals surface area contributed by atoms with Crippen LogP contribution in [0.25, 0.3) is 0 Å². The summed E-state index contributed by atoms with van der Waals surface area (Å²) < 4.78 is 38.8. The number of hydrogen-bond acceptors (Lipinski definition) is 8. The minimum atomic E-state index is -4.91. The summed E-state index contributed by atoms with van der Waals surface area (Å²) in [6.07, 6.45) is -0.554. The van der Waals surface area contributed by atoms with E-state index in [1.54, 1.807) is 12.1 Å². The van der Waals surface area contributed by atoms with E-state index in [4.69, 9.17) is 4.74 Å². The van der Waals surface area contributed by atoms with Crippen LogP contribution in [0.15, 0.2) is 54.6 Å². The summed E-state index contributed by atoms with van der Waals surface area (Å²) in [6, 6.07) is 12.7. The molecule has 0 aliphatic carbocycles. The molecule has 190 valence electrons. The van der Waals surface area contributed by atoms with Crippen LogP contribution < -0.4 is 45.5 Å². The molecule has 15 heteroatoms. The molecule has 2 aromatic carbocycles. The molecule has 37 heavy (non-hydrogen) atoms. The number of likely N-dealkylation sites (tertiary alicyclic amines) is 1. The van der Waals surface area contributed by atoms with Crippen molar-refractivity contribution in [2.45, 2.75) is 25.1 Å². The Labute approximate surface area is 234 Å². The number of rotatable bonds is 7. The monoisotopic (exact) mass is 539 g/mol. The van der Waals surface area contributed by atoms with Crippen LogP contribution in [-0.4, -0.2) is 71.3 Å². The van der Waals surface area contributed by atoms with Crippen molar-refractivity contribution in [3.63, 3.8) is 0 Å². The summed E-state index contributed by atoms with van der Waals surface area (Å²) in [5, 5.41) is 7.52. The molecular weight excluding hydrogens is 517 g/mol. The van der Waals surface area contributed by atoms with Gasteiger partial charge in [-0.1, -0.05) is 30.3 Å². The second-order valence-corrected chi connectivity index (χ2v) is 9.31. The molecule has 4 rings (SSSR count). The quantitative estimate of drug-likeness (QED) is 0.202. The average Bonchev–Trinajstić information content (AvgIpc) is 3.21. The Morgan fingerprint density at radius 2 is 1.62 bits per heavy atom. The second-order valence-electron chi connectivity index (χ2n) is 8.06. The predicted molar refractivity (Wildman–Crippen MR) is 124 cm³/mol. The molecule has 5 amide bonds. The molecule has 0 spiro atoms. The summed E-state index contributed by atoms with van der Waals surface area (Å²) in [4.78, 5) is 49.6. The molecule has 13 nitrogen and oxygen atoms in total. The number of nitrogens with zero attached hydrogens (tertiary/aromatic N) is 2. The van der Waals surface area contributed by atoms with E-state index in [2.05, 4.69) is 16.0 Å². The molecule has 0 radical (unpaired) electrons. The maximum Gasteiger partial charge on any atom is 1.00 e. The van der Waals surface area contributed by atoms with E-state index in [1.165, 1.54) is 29.2 Å². The third kappa shape index (κ3) is 6.78. The fraction of sp³-hybridized carbons (Fsp3) is 0.273. The maximum atomic E-state index is 12.6. The van der Waals surface area contributed by atoms with Gasteiger partial charge in [-0.15, -0.1) is 0 Å². The molecule has 1 unspecified atom stereocenters. The van der Waals surface area contributed by atoms with E-state index in [0.29, 0.717) is 11.4 Å². The van der Waals surface area contributed by atoms with Gasteiger partial charge in [0.1, 0.15) is 19.2 Å². The van der Waals surface area contributed by atoms with Gasteiger partial charge in [-0.25, -0.2) is 22.3 Å². The molecule has 2 aliphatic rings. The Bertz CT molecular complexity index is 1280. The first-order valence-electron chi connectivity index (χ1n) is 10.8. The van der Waals surface area contributed by atoms with Gasteiger partial charge < -0.3 is 30.1 Å². The van der Waals surface area contributed by atoms with Crippen molar-refractivity contribution in [3.05, 3.63) is 60.2 Å². The predicted octanol–water partition coefficient (Wildman–Crippen LogP) is -2.17. The number of benzene rings is 2. The van der Waals surface area contributed by atoms with Gasteiger partial charge in [-0.2, -0.15) is 0 Å². The third-order valence-corrected chi connectivity index (χ3v) is 6.60. The molecule has 2 atom stereocenters. The smallest absolute Gasteiger partial charge is 0.731 e. The Hall–Kier alpha value is -3.17. The summed E-state index contributed by atoms with van der Waals surface area (Å²) in [5.74, 6) is -1.41. The number of β-lactam (4-membered cyclic amide) rings is 1. The Kier molecular flexibility index (Phi) is 9.15. The van der Waals surface area contributed by atoms with Crippen molar-refractivity contribution in [3.8, 4) is 0 Å². The van der Waals surface area contributed by atoms with E-state index in [9.17, 15) is 32.1 Å². The van der Waals surface area contributed by atoms with Crippen molar-refractivity contribution < 1.29 is 66.4 Å². The first-order chi connectivity index (χ1) is 17.1. The van der Waals surface area contributed by atoms with Crippen LogP contribution in [0.5, 0.6) is 0 Å². The number of amides is 5. The third-order valence-electron chi connectivity index (χ3n) is 5.67. The van der Waals surface area contributed by atoms with Gasteiger partial charge in [0, 0.05) is 17.9 Å². The molecule has 0 aromatic heterocycles.